The van der Waals surface area contributed by atoms with Crippen LogP contribution >= 0.6 is 0 Å². The van der Waals surface area contributed by atoms with Crippen LogP contribution in [-0.4, -0.2) is 17.4 Å². The first-order chi connectivity index (χ1) is 11.3. The van der Waals surface area contributed by atoms with Gasteiger partial charge in [0.1, 0.15) is 0 Å². The Balaban J connectivity index is 1.89. The van der Waals surface area contributed by atoms with Crippen LogP contribution in [-0.2, 0) is 17.9 Å². The smallest absolute Gasteiger partial charge is 0.233 e. The van der Waals surface area contributed by atoms with E-state index < -0.39 is 0 Å². The molecule has 23 heavy (non-hydrogen) atoms. The molecule has 3 N–H and O–H groups in total. The number of nitrogens with one attached hydrogen (secondary N) is 1. The second kappa shape index (κ2) is 9.77. The average molecular weight is 311 g/mol. The molecule has 0 atom stereocenters. The predicted molar refractivity (Wildman–Crippen MR) is 93.2 cm³/mol. The number of carbonyl (C=O) groups excluding carboxylic acids is 1. The van der Waals surface area contributed by atoms with E-state index in [0.717, 1.165) is 32.5 Å². The molecule has 4 nitrogen and oxygen atoms in total. The number of hydrazine groups is 1. The lowest BCUT2D eigenvalue weighted by Gasteiger charge is -2.22. The molecule has 0 spiro atoms. The standard InChI is InChI=1S/C19H25N3O/c20-21-19(23)13-7-8-14-22(15-17-9-3-1-4-10-17)16-18-11-5-2-6-12-18/h1-6,9-12H,7-8,13-16,20H2,(H,21,23). The highest BCUT2D eigenvalue weighted by Crippen LogP contribution is 2.11. The number of nitrogens with two attached hydrogens (primary N) is 1. The van der Waals surface area contributed by atoms with E-state index in [2.05, 4.69) is 58.9 Å². The molecule has 2 aromatic rings. The summed E-state index contributed by atoms with van der Waals surface area (Å²) in [5.74, 6) is 5.01. The normalized spacial score (nSPS) is 10.7. The molecule has 1 amide bonds. The van der Waals surface area contributed by atoms with Gasteiger partial charge < -0.3 is 0 Å². The molecule has 0 aromatic heterocycles. The fraction of sp³-hybridized carbons (Fsp3) is 0.316. The summed E-state index contributed by atoms with van der Waals surface area (Å²) < 4.78 is 0. The van der Waals surface area contributed by atoms with Crippen molar-refractivity contribution >= 4 is 5.91 Å². The van der Waals surface area contributed by atoms with Gasteiger partial charge in [-0.3, -0.25) is 15.1 Å². The third-order valence-corrected chi connectivity index (χ3v) is 3.79. The predicted octanol–water partition coefficient (Wildman–Crippen LogP) is 2.85. The van der Waals surface area contributed by atoms with E-state index in [1.807, 2.05) is 12.1 Å². The summed E-state index contributed by atoms with van der Waals surface area (Å²) >= 11 is 0. The molecule has 0 fully saturated rings. The van der Waals surface area contributed by atoms with Crippen LogP contribution in [0.1, 0.15) is 30.4 Å². The molecule has 0 saturated carbocycles. The van der Waals surface area contributed by atoms with E-state index in [9.17, 15) is 4.79 Å². The van der Waals surface area contributed by atoms with E-state index >= 15 is 0 Å². The van der Waals surface area contributed by atoms with Gasteiger partial charge in [0.15, 0.2) is 0 Å². The van der Waals surface area contributed by atoms with E-state index in [1.54, 1.807) is 0 Å². The highest BCUT2D eigenvalue weighted by Gasteiger charge is 2.08. The van der Waals surface area contributed by atoms with Gasteiger partial charge in [0, 0.05) is 19.5 Å². The molecule has 0 heterocycles. The summed E-state index contributed by atoms with van der Waals surface area (Å²) in [4.78, 5) is 13.6. The molecule has 2 aromatic carbocycles. The minimum absolute atomic E-state index is 0.0948. The molecule has 0 unspecified atom stereocenters. The first kappa shape index (κ1) is 17.2. The maximum Gasteiger partial charge on any atom is 0.233 e. The minimum atomic E-state index is -0.0948. The second-order valence-electron chi connectivity index (χ2n) is 5.71. The van der Waals surface area contributed by atoms with Gasteiger partial charge in [0.05, 0.1) is 0 Å². The lowest BCUT2D eigenvalue weighted by atomic mass is 10.1. The zero-order valence-electron chi connectivity index (χ0n) is 13.4. The van der Waals surface area contributed by atoms with E-state index in [0.29, 0.717) is 6.42 Å². The van der Waals surface area contributed by atoms with Crippen molar-refractivity contribution in [3.05, 3.63) is 71.8 Å². The molecule has 0 saturated heterocycles. The molecule has 0 radical (unpaired) electrons. The number of rotatable bonds is 9. The molecule has 122 valence electrons. The van der Waals surface area contributed by atoms with Crippen LogP contribution in [0.25, 0.3) is 0 Å². The topological polar surface area (TPSA) is 58.4 Å². The van der Waals surface area contributed by atoms with Gasteiger partial charge in [-0.2, -0.15) is 0 Å². The zero-order valence-corrected chi connectivity index (χ0v) is 13.4. The molecule has 0 aliphatic rings. The van der Waals surface area contributed by atoms with E-state index in [-0.39, 0.29) is 5.91 Å². The number of amides is 1. The van der Waals surface area contributed by atoms with E-state index in [1.165, 1.54) is 11.1 Å². The molecular formula is C19H25N3O. The Kier molecular flexibility index (Phi) is 7.30. The number of benzene rings is 2. The summed E-state index contributed by atoms with van der Waals surface area (Å²) in [6.45, 7) is 2.79. The lowest BCUT2D eigenvalue weighted by Crippen LogP contribution is -2.30. The monoisotopic (exact) mass is 311 g/mol. The van der Waals surface area contributed by atoms with Crippen molar-refractivity contribution in [3.63, 3.8) is 0 Å². The van der Waals surface area contributed by atoms with Crippen LogP contribution in [0.15, 0.2) is 60.7 Å². The quantitative estimate of drug-likeness (QED) is 0.324. The molecule has 0 aliphatic carbocycles. The maximum atomic E-state index is 11.2. The van der Waals surface area contributed by atoms with Gasteiger partial charge >= 0.3 is 0 Å². The Morgan fingerprint density at radius 1 is 0.870 bits per heavy atom. The molecule has 0 aliphatic heterocycles. The van der Waals surface area contributed by atoms with Crippen LogP contribution < -0.4 is 11.3 Å². The van der Waals surface area contributed by atoms with Crippen molar-refractivity contribution in [1.82, 2.24) is 10.3 Å². The number of carbonyl (C=O) groups is 1. The largest absolute Gasteiger partial charge is 0.295 e. The Hall–Kier alpha value is -2.17. The lowest BCUT2D eigenvalue weighted by molar-refractivity contribution is -0.121. The Labute approximate surface area is 138 Å². The Morgan fingerprint density at radius 2 is 1.39 bits per heavy atom. The first-order valence-electron chi connectivity index (χ1n) is 8.07. The molecule has 0 bridgehead atoms. The zero-order chi connectivity index (χ0) is 16.3. The van der Waals surface area contributed by atoms with Crippen molar-refractivity contribution in [2.75, 3.05) is 6.54 Å². The van der Waals surface area contributed by atoms with Gasteiger partial charge in [-0.05, 0) is 30.5 Å². The van der Waals surface area contributed by atoms with Crippen molar-refractivity contribution in [1.29, 1.82) is 0 Å². The average Bonchev–Trinajstić information content (AvgIpc) is 2.60. The van der Waals surface area contributed by atoms with Crippen molar-refractivity contribution < 1.29 is 4.79 Å². The van der Waals surface area contributed by atoms with Crippen LogP contribution in [0.5, 0.6) is 0 Å². The third-order valence-electron chi connectivity index (χ3n) is 3.79. The summed E-state index contributed by atoms with van der Waals surface area (Å²) in [5, 5.41) is 0. The minimum Gasteiger partial charge on any atom is -0.295 e. The highest BCUT2D eigenvalue weighted by atomic mass is 16.2. The van der Waals surface area contributed by atoms with Crippen molar-refractivity contribution in [2.24, 2.45) is 5.84 Å². The fourth-order valence-electron chi connectivity index (χ4n) is 2.59. The van der Waals surface area contributed by atoms with Gasteiger partial charge in [-0.15, -0.1) is 0 Å². The molecular weight excluding hydrogens is 286 g/mol. The molecule has 4 heteroatoms. The highest BCUT2D eigenvalue weighted by molar-refractivity contribution is 5.75. The number of hydrogen-bond acceptors (Lipinski definition) is 3. The Bertz CT molecular complexity index is 530. The van der Waals surface area contributed by atoms with Crippen molar-refractivity contribution in [2.45, 2.75) is 32.4 Å². The number of nitrogens with zero attached hydrogens (tertiary/aromatic N) is 1. The van der Waals surface area contributed by atoms with Crippen LogP contribution in [0.3, 0.4) is 0 Å². The maximum absolute atomic E-state index is 11.2. The fourth-order valence-corrected chi connectivity index (χ4v) is 2.59. The van der Waals surface area contributed by atoms with E-state index in [4.69, 9.17) is 5.84 Å². The number of hydrogen-bond donors (Lipinski definition) is 2. The van der Waals surface area contributed by atoms with Crippen LogP contribution in [0.2, 0.25) is 0 Å². The van der Waals surface area contributed by atoms with Crippen LogP contribution in [0, 0.1) is 0 Å². The van der Waals surface area contributed by atoms with Gasteiger partial charge in [0.25, 0.3) is 0 Å². The first-order valence-corrected chi connectivity index (χ1v) is 8.07. The van der Waals surface area contributed by atoms with Crippen molar-refractivity contribution in [3.8, 4) is 0 Å². The third kappa shape index (κ3) is 6.63. The molecule has 2 rings (SSSR count). The SMILES string of the molecule is NNC(=O)CCCCN(Cc1ccccc1)Cc1ccccc1. The summed E-state index contributed by atoms with van der Waals surface area (Å²) in [6.07, 6.45) is 2.32. The summed E-state index contributed by atoms with van der Waals surface area (Å²) in [7, 11) is 0. The van der Waals surface area contributed by atoms with Gasteiger partial charge in [-0.25, -0.2) is 5.84 Å². The second-order valence-corrected chi connectivity index (χ2v) is 5.71. The Morgan fingerprint density at radius 3 is 1.87 bits per heavy atom. The van der Waals surface area contributed by atoms with Gasteiger partial charge in [0.2, 0.25) is 5.91 Å². The summed E-state index contributed by atoms with van der Waals surface area (Å²) in [6, 6.07) is 21.0. The van der Waals surface area contributed by atoms with Gasteiger partial charge in [-0.1, -0.05) is 60.7 Å². The number of unbranched alkanes of at least 4 members (excludes halogenated alkanes) is 1. The summed E-state index contributed by atoms with van der Waals surface area (Å²) in [5.41, 5.74) is 4.80. The van der Waals surface area contributed by atoms with Crippen LogP contribution in [0.4, 0.5) is 0 Å².